The highest BCUT2D eigenvalue weighted by molar-refractivity contribution is 7.19. The van der Waals surface area contributed by atoms with E-state index in [1.807, 2.05) is 24.3 Å². The number of thiazole rings is 1. The third-order valence-corrected chi connectivity index (χ3v) is 4.12. The molecular weight excluding hydrogens is 314 g/mol. The number of carbonyl (C=O) groups excluding carboxylic acids is 2. The maximum absolute atomic E-state index is 12.0. The molecular formula is C15H13N5O2S. The van der Waals surface area contributed by atoms with Crippen molar-refractivity contribution < 1.29 is 9.59 Å². The number of nitrogens with two attached hydrogens (primary N) is 1. The molecule has 3 aromatic rings. The summed E-state index contributed by atoms with van der Waals surface area (Å²) in [5, 5.41) is 9.71. The molecule has 0 spiro atoms. The smallest absolute Gasteiger partial charge is 0.271 e. The Balaban J connectivity index is 1.77. The number of aryl methyl sites for hydroxylation is 1. The molecule has 2 amide bonds. The van der Waals surface area contributed by atoms with Gasteiger partial charge in [0.15, 0.2) is 5.69 Å². The first-order chi connectivity index (χ1) is 11.0. The van der Waals surface area contributed by atoms with Crippen LogP contribution in [-0.2, 0) is 4.79 Å². The minimum atomic E-state index is -0.709. The highest BCUT2D eigenvalue weighted by Gasteiger charge is 2.16. The Kier molecular flexibility index (Phi) is 3.90. The van der Waals surface area contributed by atoms with Crippen LogP contribution in [0.4, 0.5) is 5.69 Å². The Morgan fingerprint density at radius 2 is 2.13 bits per heavy atom. The minimum absolute atomic E-state index is 0.00392. The Morgan fingerprint density at radius 1 is 1.35 bits per heavy atom. The summed E-state index contributed by atoms with van der Waals surface area (Å²) in [7, 11) is 0. The standard InChI is InChI=1S/C15H13N5O2S/c1-8-13(14(15(16)22)20-19-8)18-11(21)6-7-12-17-9-4-2-3-5-10(9)23-12/h2-7H,1H3,(H2,16,22)(H,18,21)(H,19,20)/b7-6+. The molecule has 23 heavy (non-hydrogen) atoms. The van der Waals surface area contributed by atoms with Crippen molar-refractivity contribution in [3.8, 4) is 0 Å². The van der Waals surface area contributed by atoms with Crippen LogP contribution in [0.15, 0.2) is 30.3 Å². The molecule has 0 unspecified atom stereocenters. The number of amides is 2. The van der Waals surface area contributed by atoms with Crippen molar-refractivity contribution in [2.75, 3.05) is 5.32 Å². The second kappa shape index (κ2) is 6.01. The summed E-state index contributed by atoms with van der Waals surface area (Å²) >= 11 is 1.49. The first kappa shape index (κ1) is 14.9. The van der Waals surface area contributed by atoms with Crippen molar-refractivity contribution in [2.45, 2.75) is 6.92 Å². The molecule has 0 aliphatic carbocycles. The van der Waals surface area contributed by atoms with Crippen LogP contribution in [0, 0.1) is 6.92 Å². The molecule has 0 aliphatic rings. The van der Waals surface area contributed by atoms with Gasteiger partial charge < -0.3 is 11.1 Å². The molecule has 0 saturated carbocycles. The fraction of sp³-hybridized carbons (Fsp3) is 0.0667. The Morgan fingerprint density at radius 3 is 2.87 bits per heavy atom. The van der Waals surface area contributed by atoms with Gasteiger partial charge >= 0.3 is 0 Å². The minimum Gasteiger partial charge on any atom is -0.364 e. The monoisotopic (exact) mass is 327 g/mol. The molecule has 4 N–H and O–H groups in total. The lowest BCUT2D eigenvalue weighted by atomic mass is 10.3. The molecule has 0 radical (unpaired) electrons. The predicted molar refractivity (Wildman–Crippen MR) is 89.1 cm³/mol. The van der Waals surface area contributed by atoms with E-state index in [2.05, 4.69) is 20.5 Å². The normalized spacial score (nSPS) is 11.2. The van der Waals surface area contributed by atoms with E-state index in [4.69, 9.17) is 5.73 Å². The molecule has 8 heteroatoms. The Labute approximate surface area is 135 Å². The number of fused-ring (bicyclic) bond motifs is 1. The van der Waals surface area contributed by atoms with Gasteiger partial charge in [-0.1, -0.05) is 12.1 Å². The first-order valence-corrected chi connectivity index (χ1v) is 7.55. The molecule has 0 saturated heterocycles. The van der Waals surface area contributed by atoms with Gasteiger partial charge in [-0.15, -0.1) is 11.3 Å². The molecule has 1 aromatic carbocycles. The van der Waals surface area contributed by atoms with Gasteiger partial charge in [-0.05, 0) is 25.1 Å². The van der Waals surface area contributed by atoms with E-state index in [9.17, 15) is 9.59 Å². The van der Waals surface area contributed by atoms with E-state index in [0.29, 0.717) is 5.69 Å². The fourth-order valence-corrected chi connectivity index (χ4v) is 2.90. The number of hydrogen-bond donors (Lipinski definition) is 3. The van der Waals surface area contributed by atoms with E-state index >= 15 is 0 Å². The van der Waals surface area contributed by atoms with Crippen LogP contribution in [0.25, 0.3) is 16.3 Å². The number of H-pyrrole nitrogens is 1. The van der Waals surface area contributed by atoms with Crippen molar-refractivity contribution in [3.63, 3.8) is 0 Å². The number of carbonyl (C=O) groups is 2. The van der Waals surface area contributed by atoms with Crippen LogP contribution in [0.5, 0.6) is 0 Å². The van der Waals surface area contributed by atoms with Gasteiger partial charge in [-0.25, -0.2) is 4.98 Å². The number of anilines is 1. The van der Waals surface area contributed by atoms with Crippen LogP contribution in [0.3, 0.4) is 0 Å². The van der Waals surface area contributed by atoms with Crippen molar-refractivity contribution >= 4 is 45.1 Å². The van der Waals surface area contributed by atoms with Crippen LogP contribution in [0.2, 0.25) is 0 Å². The summed E-state index contributed by atoms with van der Waals surface area (Å²) in [5.41, 5.74) is 6.95. The number of hydrogen-bond acceptors (Lipinski definition) is 5. The number of rotatable bonds is 4. The number of nitrogens with one attached hydrogen (secondary N) is 2. The van der Waals surface area contributed by atoms with Crippen LogP contribution in [-0.4, -0.2) is 27.0 Å². The van der Waals surface area contributed by atoms with Gasteiger partial charge in [-0.2, -0.15) is 5.10 Å². The van der Waals surface area contributed by atoms with Crippen molar-refractivity contribution in [3.05, 3.63) is 46.7 Å². The maximum Gasteiger partial charge on any atom is 0.271 e. The zero-order valence-electron chi connectivity index (χ0n) is 12.2. The zero-order chi connectivity index (χ0) is 16.4. The lowest BCUT2D eigenvalue weighted by Crippen LogP contribution is -2.16. The number of primary amides is 1. The quantitative estimate of drug-likeness (QED) is 0.636. The molecule has 0 atom stereocenters. The van der Waals surface area contributed by atoms with Crippen LogP contribution in [0.1, 0.15) is 21.2 Å². The third kappa shape index (κ3) is 3.11. The molecule has 2 heterocycles. The van der Waals surface area contributed by atoms with E-state index in [1.165, 1.54) is 17.4 Å². The van der Waals surface area contributed by atoms with Gasteiger partial charge in [0.05, 0.1) is 21.6 Å². The second-order valence-corrected chi connectivity index (χ2v) is 5.84. The number of aromatic nitrogens is 3. The molecule has 116 valence electrons. The molecule has 0 fully saturated rings. The summed E-state index contributed by atoms with van der Waals surface area (Å²) in [4.78, 5) is 27.7. The van der Waals surface area contributed by atoms with Gasteiger partial charge in [-0.3, -0.25) is 14.7 Å². The molecule has 7 nitrogen and oxygen atoms in total. The average molecular weight is 327 g/mol. The zero-order valence-corrected chi connectivity index (χ0v) is 13.0. The Hall–Kier alpha value is -3.00. The average Bonchev–Trinajstić information content (AvgIpc) is 3.09. The largest absolute Gasteiger partial charge is 0.364 e. The molecule has 2 aromatic heterocycles. The number of nitrogens with zero attached hydrogens (tertiary/aromatic N) is 2. The summed E-state index contributed by atoms with van der Waals surface area (Å²) < 4.78 is 1.05. The van der Waals surface area contributed by atoms with E-state index < -0.39 is 11.8 Å². The first-order valence-electron chi connectivity index (χ1n) is 6.74. The van der Waals surface area contributed by atoms with Gasteiger partial charge in [0, 0.05) is 6.08 Å². The number of benzene rings is 1. The van der Waals surface area contributed by atoms with Crippen LogP contribution < -0.4 is 11.1 Å². The highest BCUT2D eigenvalue weighted by atomic mass is 32.1. The third-order valence-electron chi connectivity index (χ3n) is 3.12. The SMILES string of the molecule is Cc1[nH]nc(C(N)=O)c1NC(=O)/C=C/c1nc2ccccc2s1. The number of para-hydroxylation sites is 1. The summed E-state index contributed by atoms with van der Waals surface area (Å²) in [6, 6.07) is 7.73. The number of aromatic amines is 1. The topological polar surface area (TPSA) is 114 Å². The van der Waals surface area contributed by atoms with E-state index in [-0.39, 0.29) is 11.4 Å². The highest BCUT2D eigenvalue weighted by Crippen LogP contribution is 2.22. The molecule has 3 rings (SSSR count). The predicted octanol–water partition coefficient (Wildman–Crippen LogP) is 2.08. The van der Waals surface area contributed by atoms with Crippen molar-refractivity contribution in [1.29, 1.82) is 0 Å². The van der Waals surface area contributed by atoms with Crippen LogP contribution >= 0.6 is 11.3 Å². The molecule has 0 aliphatic heterocycles. The van der Waals surface area contributed by atoms with Crippen molar-refractivity contribution in [1.82, 2.24) is 15.2 Å². The van der Waals surface area contributed by atoms with E-state index in [0.717, 1.165) is 15.2 Å². The fourth-order valence-electron chi connectivity index (χ4n) is 2.03. The summed E-state index contributed by atoms with van der Waals surface area (Å²) in [6.07, 6.45) is 2.98. The van der Waals surface area contributed by atoms with Gasteiger partial charge in [0.1, 0.15) is 5.01 Å². The summed E-state index contributed by atoms with van der Waals surface area (Å²) in [5.74, 6) is -1.10. The van der Waals surface area contributed by atoms with Gasteiger partial charge in [0.25, 0.3) is 5.91 Å². The maximum atomic E-state index is 12.0. The second-order valence-electron chi connectivity index (χ2n) is 4.78. The van der Waals surface area contributed by atoms with E-state index in [1.54, 1.807) is 13.0 Å². The van der Waals surface area contributed by atoms with Gasteiger partial charge in [0.2, 0.25) is 5.91 Å². The summed E-state index contributed by atoms with van der Waals surface area (Å²) in [6.45, 7) is 1.69. The lowest BCUT2D eigenvalue weighted by molar-refractivity contribution is -0.111. The lowest BCUT2D eigenvalue weighted by Gasteiger charge is -2.01. The Bertz CT molecular complexity index is 892. The molecule has 0 bridgehead atoms. The van der Waals surface area contributed by atoms with Crippen molar-refractivity contribution in [2.24, 2.45) is 5.73 Å².